The number of benzene rings is 1. The zero-order chi connectivity index (χ0) is 15.4. The van der Waals surface area contributed by atoms with E-state index in [-0.39, 0.29) is 5.92 Å². The van der Waals surface area contributed by atoms with E-state index in [0.717, 1.165) is 0 Å². The molecule has 110 valence electrons. The van der Waals surface area contributed by atoms with Gasteiger partial charge in [0.15, 0.2) is 11.6 Å². The lowest BCUT2D eigenvalue weighted by molar-refractivity contribution is -0.385. The summed E-state index contributed by atoms with van der Waals surface area (Å²) in [4.78, 5) is 23.6. The summed E-state index contributed by atoms with van der Waals surface area (Å²) in [6.45, 7) is 6.19. The SMILES string of the molecule is CCN(CC(C)C)C(=O)c1cc(F)c(F)cc1[N+](=O)[O-]. The maximum atomic E-state index is 13.2. The van der Waals surface area contributed by atoms with Gasteiger partial charge in [0.1, 0.15) is 5.56 Å². The molecule has 0 saturated carbocycles. The average molecular weight is 286 g/mol. The molecule has 0 atom stereocenters. The maximum Gasteiger partial charge on any atom is 0.285 e. The Hall–Kier alpha value is -2.05. The van der Waals surface area contributed by atoms with Crippen LogP contribution in [0.2, 0.25) is 0 Å². The number of amides is 1. The van der Waals surface area contributed by atoms with Crippen molar-refractivity contribution in [3.05, 3.63) is 39.4 Å². The molecule has 1 rings (SSSR count). The van der Waals surface area contributed by atoms with Crippen molar-refractivity contribution in [1.82, 2.24) is 4.90 Å². The first-order valence-corrected chi connectivity index (χ1v) is 6.20. The third kappa shape index (κ3) is 3.49. The van der Waals surface area contributed by atoms with Gasteiger partial charge < -0.3 is 4.90 Å². The van der Waals surface area contributed by atoms with Crippen LogP contribution in [0, 0.1) is 27.7 Å². The Bertz CT molecular complexity index is 533. The number of halogens is 2. The predicted molar refractivity (Wildman–Crippen MR) is 69.4 cm³/mol. The summed E-state index contributed by atoms with van der Waals surface area (Å²) in [5.74, 6) is -3.14. The zero-order valence-corrected chi connectivity index (χ0v) is 11.5. The fourth-order valence-corrected chi connectivity index (χ4v) is 1.83. The molecule has 0 fully saturated rings. The Morgan fingerprint density at radius 3 is 2.35 bits per heavy atom. The van der Waals surface area contributed by atoms with E-state index >= 15 is 0 Å². The molecular weight excluding hydrogens is 270 g/mol. The van der Waals surface area contributed by atoms with Crippen LogP contribution in [0.5, 0.6) is 0 Å². The minimum atomic E-state index is -1.35. The van der Waals surface area contributed by atoms with Gasteiger partial charge in [0.25, 0.3) is 11.6 Å². The van der Waals surface area contributed by atoms with Crippen molar-refractivity contribution in [2.75, 3.05) is 13.1 Å². The van der Waals surface area contributed by atoms with Gasteiger partial charge in [-0.2, -0.15) is 0 Å². The Labute approximate surface area is 115 Å². The molecule has 1 amide bonds. The third-order valence-corrected chi connectivity index (χ3v) is 2.72. The van der Waals surface area contributed by atoms with Gasteiger partial charge in [0.2, 0.25) is 0 Å². The van der Waals surface area contributed by atoms with Crippen LogP contribution in [-0.4, -0.2) is 28.8 Å². The zero-order valence-electron chi connectivity index (χ0n) is 11.5. The quantitative estimate of drug-likeness (QED) is 0.617. The van der Waals surface area contributed by atoms with Crippen LogP contribution in [-0.2, 0) is 0 Å². The molecule has 1 aromatic carbocycles. The van der Waals surface area contributed by atoms with E-state index in [2.05, 4.69) is 0 Å². The fraction of sp³-hybridized carbons (Fsp3) is 0.462. The predicted octanol–water partition coefficient (Wildman–Crippen LogP) is 2.99. The highest BCUT2D eigenvalue weighted by atomic mass is 19.2. The van der Waals surface area contributed by atoms with Gasteiger partial charge in [-0.25, -0.2) is 8.78 Å². The average Bonchev–Trinajstić information content (AvgIpc) is 2.37. The lowest BCUT2D eigenvalue weighted by atomic mass is 10.1. The van der Waals surface area contributed by atoms with Gasteiger partial charge in [-0.1, -0.05) is 13.8 Å². The lowest BCUT2D eigenvalue weighted by Gasteiger charge is -2.22. The normalized spacial score (nSPS) is 10.7. The number of rotatable bonds is 5. The van der Waals surface area contributed by atoms with Crippen molar-refractivity contribution in [2.24, 2.45) is 5.92 Å². The summed E-state index contributed by atoms with van der Waals surface area (Å²) in [5, 5.41) is 10.9. The number of nitro benzene ring substituents is 1. The van der Waals surface area contributed by atoms with Crippen LogP contribution >= 0.6 is 0 Å². The number of carbonyl (C=O) groups is 1. The largest absolute Gasteiger partial charge is 0.338 e. The van der Waals surface area contributed by atoms with Gasteiger partial charge >= 0.3 is 0 Å². The Kier molecular flexibility index (Phi) is 5.12. The van der Waals surface area contributed by atoms with E-state index in [1.54, 1.807) is 6.92 Å². The minimum Gasteiger partial charge on any atom is -0.338 e. The molecule has 0 spiro atoms. The first kappa shape index (κ1) is 16.0. The molecule has 0 aliphatic heterocycles. The van der Waals surface area contributed by atoms with E-state index in [1.807, 2.05) is 13.8 Å². The monoisotopic (exact) mass is 286 g/mol. The van der Waals surface area contributed by atoms with Gasteiger partial charge in [-0.05, 0) is 18.9 Å². The van der Waals surface area contributed by atoms with Crippen molar-refractivity contribution < 1.29 is 18.5 Å². The third-order valence-electron chi connectivity index (χ3n) is 2.72. The first-order chi connectivity index (χ1) is 9.27. The van der Waals surface area contributed by atoms with Crippen LogP contribution < -0.4 is 0 Å². The van der Waals surface area contributed by atoms with E-state index in [9.17, 15) is 23.7 Å². The lowest BCUT2D eigenvalue weighted by Crippen LogP contribution is -2.34. The van der Waals surface area contributed by atoms with Crippen LogP contribution in [0.15, 0.2) is 12.1 Å². The summed E-state index contributed by atoms with van der Waals surface area (Å²) in [6.07, 6.45) is 0. The molecule has 0 aliphatic rings. The van der Waals surface area contributed by atoms with Crippen LogP contribution in [0.3, 0.4) is 0 Å². The highest BCUT2D eigenvalue weighted by Gasteiger charge is 2.27. The molecule has 0 radical (unpaired) electrons. The summed E-state index contributed by atoms with van der Waals surface area (Å²) < 4.78 is 26.3. The summed E-state index contributed by atoms with van der Waals surface area (Å²) in [7, 11) is 0. The molecule has 0 saturated heterocycles. The van der Waals surface area contributed by atoms with Gasteiger partial charge in [0, 0.05) is 13.1 Å². The fourth-order valence-electron chi connectivity index (χ4n) is 1.83. The van der Waals surface area contributed by atoms with Crippen molar-refractivity contribution in [1.29, 1.82) is 0 Å². The highest BCUT2D eigenvalue weighted by Crippen LogP contribution is 2.24. The van der Waals surface area contributed by atoms with Crippen LogP contribution in [0.25, 0.3) is 0 Å². The topological polar surface area (TPSA) is 63.5 Å². The second-order valence-electron chi connectivity index (χ2n) is 4.78. The van der Waals surface area contributed by atoms with E-state index in [0.29, 0.717) is 25.2 Å². The summed E-state index contributed by atoms with van der Waals surface area (Å²) >= 11 is 0. The molecule has 0 aliphatic carbocycles. The van der Waals surface area contributed by atoms with E-state index in [4.69, 9.17) is 0 Å². The minimum absolute atomic E-state index is 0.156. The molecule has 0 N–H and O–H groups in total. The van der Waals surface area contributed by atoms with E-state index in [1.165, 1.54) is 4.90 Å². The number of hydrogen-bond donors (Lipinski definition) is 0. The number of nitrogens with zero attached hydrogens (tertiary/aromatic N) is 2. The molecule has 5 nitrogen and oxygen atoms in total. The Morgan fingerprint density at radius 2 is 1.90 bits per heavy atom. The first-order valence-electron chi connectivity index (χ1n) is 6.20. The molecule has 0 heterocycles. The molecule has 1 aromatic rings. The Balaban J connectivity index is 3.26. The number of carbonyl (C=O) groups excluding carboxylic acids is 1. The molecule has 0 bridgehead atoms. The van der Waals surface area contributed by atoms with Crippen LogP contribution in [0.4, 0.5) is 14.5 Å². The summed E-state index contributed by atoms with van der Waals surface area (Å²) in [5.41, 5.74) is -1.16. The van der Waals surface area contributed by atoms with Gasteiger partial charge in [-0.3, -0.25) is 14.9 Å². The van der Waals surface area contributed by atoms with E-state index < -0.39 is 33.7 Å². The number of nitro groups is 1. The van der Waals surface area contributed by atoms with Gasteiger partial charge in [0.05, 0.1) is 11.0 Å². The second-order valence-corrected chi connectivity index (χ2v) is 4.78. The molecule has 20 heavy (non-hydrogen) atoms. The van der Waals surface area contributed by atoms with Crippen LogP contribution in [0.1, 0.15) is 31.1 Å². The Morgan fingerprint density at radius 1 is 1.35 bits per heavy atom. The van der Waals surface area contributed by atoms with Crippen molar-refractivity contribution in [3.8, 4) is 0 Å². The van der Waals surface area contributed by atoms with Crippen molar-refractivity contribution in [3.63, 3.8) is 0 Å². The highest BCUT2D eigenvalue weighted by molar-refractivity contribution is 5.98. The van der Waals surface area contributed by atoms with Crippen molar-refractivity contribution in [2.45, 2.75) is 20.8 Å². The second kappa shape index (κ2) is 6.40. The smallest absolute Gasteiger partial charge is 0.285 e. The summed E-state index contributed by atoms with van der Waals surface area (Å²) in [6, 6.07) is 1.02. The molecule has 0 unspecified atom stereocenters. The maximum absolute atomic E-state index is 13.2. The standard InChI is InChI=1S/C13H16F2N2O3/c1-4-16(7-8(2)3)13(18)9-5-10(14)11(15)6-12(9)17(19)20/h5-6,8H,4,7H2,1-3H3. The number of hydrogen-bond acceptors (Lipinski definition) is 3. The molecular formula is C13H16F2N2O3. The van der Waals surface area contributed by atoms with Gasteiger partial charge in [-0.15, -0.1) is 0 Å². The van der Waals surface area contributed by atoms with Crippen molar-refractivity contribution >= 4 is 11.6 Å². The molecule has 7 heteroatoms. The molecule has 0 aromatic heterocycles.